The maximum atomic E-state index is 13.0. The number of halogens is 3. The Morgan fingerprint density at radius 2 is 2.09 bits per heavy atom. The number of hydrogen-bond donors (Lipinski definition) is 1. The number of likely N-dealkylation sites (tertiary alicyclic amines) is 1. The lowest BCUT2D eigenvalue weighted by Gasteiger charge is -2.31. The predicted molar refractivity (Wildman–Crippen MR) is 101 cm³/mol. The largest absolute Gasteiger partial charge is 0.338 e. The lowest BCUT2D eigenvalue weighted by molar-refractivity contribution is -0.137. The van der Waals surface area contributed by atoms with Gasteiger partial charge in [-0.25, -0.2) is 0 Å². The second-order valence-electron chi connectivity index (χ2n) is 6.10. The number of benzene rings is 1. The predicted octanol–water partition coefficient (Wildman–Crippen LogP) is 2.98. The number of likely N-dealkylation sites (N-methyl/N-ethyl adjacent to an activating group) is 1. The molecule has 0 saturated carbocycles. The van der Waals surface area contributed by atoms with E-state index in [1.807, 2.05) is 48.2 Å². The molecule has 1 aromatic rings. The van der Waals surface area contributed by atoms with Crippen molar-refractivity contribution in [2.75, 3.05) is 27.2 Å². The summed E-state index contributed by atoms with van der Waals surface area (Å²) in [7, 11) is 3.84. The van der Waals surface area contributed by atoms with Crippen LogP contribution >= 0.6 is 36.4 Å². The Balaban J connectivity index is 0.00000242. The first-order valence-electron chi connectivity index (χ1n) is 7.36. The van der Waals surface area contributed by atoms with Crippen molar-refractivity contribution in [2.45, 2.75) is 25.4 Å². The molecule has 0 radical (unpaired) electrons. The normalized spacial score (nSPS) is 21.6. The molecular formula is C16H26Cl3N3O. The third-order valence-corrected chi connectivity index (χ3v) is 4.43. The number of carbonyl (C=O) groups is 1. The van der Waals surface area contributed by atoms with Gasteiger partial charge >= 0.3 is 0 Å². The minimum atomic E-state index is -0.303. The molecule has 1 aromatic carbocycles. The van der Waals surface area contributed by atoms with Crippen LogP contribution < -0.4 is 5.73 Å². The summed E-state index contributed by atoms with van der Waals surface area (Å²) in [5.74, 6) is 0.539. The van der Waals surface area contributed by atoms with E-state index in [4.69, 9.17) is 17.3 Å². The Bertz CT molecular complexity index is 513. The quantitative estimate of drug-likeness (QED) is 0.871. The Morgan fingerprint density at radius 3 is 2.57 bits per heavy atom. The van der Waals surface area contributed by atoms with Crippen LogP contribution in [0.3, 0.4) is 0 Å². The highest BCUT2D eigenvalue weighted by Crippen LogP contribution is 2.29. The minimum absolute atomic E-state index is 0. The van der Waals surface area contributed by atoms with Gasteiger partial charge in [0, 0.05) is 17.6 Å². The molecule has 0 spiro atoms. The van der Waals surface area contributed by atoms with Gasteiger partial charge < -0.3 is 10.6 Å². The summed E-state index contributed by atoms with van der Waals surface area (Å²) in [5, 5.41) is 0.654. The number of nitrogens with zero attached hydrogens (tertiary/aromatic N) is 2. The van der Waals surface area contributed by atoms with Gasteiger partial charge in [-0.2, -0.15) is 0 Å². The summed E-state index contributed by atoms with van der Waals surface area (Å²) in [4.78, 5) is 16.9. The topological polar surface area (TPSA) is 49.6 Å². The summed E-state index contributed by atoms with van der Waals surface area (Å²) >= 11 is 6.07. The van der Waals surface area contributed by atoms with E-state index in [1.54, 1.807) is 0 Å². The van der Waals surface area contributed by atoms with Gasteiger partial charge in [0.25, 0.3) is 0 Å². The van der Waals surface area contributed by atoms with Gasteiger partial charge in [-0.15, -0.1) is 24.8 Å². The third-order valence-electron chi connectivity index (χ3n) is 4.19. The van der Waals surface area contributed by atoms with Crippen molar-refractivity contribution in [3.63, 3.8) is 0 Å². The zero-order valence-corrected chi connectivity index (χ0v) is 16.1. The van der Waals surface area contributed by atoms with Gasteiger partial charge in [0.15, 0.2) is 0 Å². The average molecular weight is 383 g/mol. The van der Waals surface area contributed by atoms with Crippen LogP contribution in [0, 0.1) is 5.92 Å². The van der Waals surface area contributed by atoms with Crippen molar-refractivity contribution in [3.05, 3.63) is 34.9 Å². The van der Waals surface area contributed by atoms with Crippen molar-refractivity contribution < 1.29 is 4.79 Å². The van der Waals surface area contributed by atoms with Gasteiger partial charge in [-0.1, -0.05) is 23.7 Å². The highest BCUT2D eigenvalue weighted by atomic mass is 35.5. The van der Waals surface area contributed by atoms with E-state index in [1.165, 1.54) is 0 Å². The molecule has 4 nitrogen and oxygen atoms in total. The SMILES string of the molecule is CC1CC(CN)CN1C(=O)C(c1cccc(Cl)c1)N(C)C.Cl.Cl. The molecule has 0 aliphatic carbocycles. The van der Waals surface area contributed by atoms with Crippen molar-refractivity contribution in [2.24, 2.45) is 11.7 Å². The second-order valence-corrected chi connectivity index (χ2v) is 6.53. The molecule has 0 aromatic heterocycles. The number of amides is 1. The number of carbonyl (C=O) groups excluding carboxylic acids is 1. The van der Waals surface area contributed by atoms with E-state index in [-0.39, 0.29) is 42.8 Å². The molecule has 2 rings (SSSR count). The van der Waals surface area contributed by atoms with Crippen molar-refractivity contribution in [1.82, 2.24) is 9.80 Å². The molecule has 1 fully saturated rings. The van der Waals surface area contributed by atoms with Crippen LogP contribution in [-0.4, -0.2) is 48.9 Å². The van der Waals surface area contributed by atoms with Crippen LogP contribution in [0.15, 0.2) is 24.3 Å². The lowest BCUT2D eigenvalue weighted by Crippen LogP contribution is -2.42. The average Bonchev–Trinajstić information content (AvgIpc) is 2.80. The van der Waals surface area contributed by atoms with Crippen LogP contribution in [0.25, 0.3) is 0 Å². The van der Waals surface area contributed by atoms with Gasteiger partial charge in [0.1, 0.15) is 6.04 Å². The number of hydrogen-bond acceptors (Lipinski definition) is 3. The Labute approximate surface area is 156 Å². The Morgan fingerprint density at radius 1 is 1.43 bits per heavy atom. The fourth-order valence-electron chi connectivity index (χ4n) is 3.12. The van der Waals surface area contributed by atoms with Crippen LogP contribution in [-0.2, 0) is 4.79 Å². The lowest BCUT2D eigenvalue weighted by atomic mass is 10.0. The summed E-state index contributed by atoms with van der Waals surface area (Å²) in [6.45, 7) is 3.48. The standard InChI is InChI=1S/C16H24ClN3O.2ClH/c1-11-7-12(9-18)10-20(11)16(21)15(19(2)3)13-5-4-6-14(17)8-13;;/h4-6,8,11-12,15H,7,9-10,18H2,1-3H3;2*1H. The zero-order chi connectivity index (χ0) is 15.6. The van der Waals surface area contributed by atoms with Gasteiger partial charge in [-0.05, 0) is 57.6 Å². The van der Waals surface area contributed by atoms with Crippen LogP contribution in [0.4, 0.5) is 0 Å². The Kier molecular flexibility index (Phi) is 9.48. The molecule has 132 valence electrons. The molecule has 2 N–H and O–H groups in total. The van der Waals surface area contributed by atoms with E-state index >= 15 is 0 Å². The molecule has 1 heterocycles. The molecule has 23 heavy (non-hydrogen) atoms. The molecule has 1 aliphatic heterocycles. The maximum absolute atomic E-state index is 13.0. The first kappa shape index (κ1) is 22.5. The number of nitrogens with two attached hydrogens (primary N) is 1. The Hall–Kier alpha value is -0.520. The van der Waals surface area contributed by atoms with Gasteiger partial charge in [-0.3, -0.25) is 9.69 Å². The highest BCUT2D eigenvalue weighted by molar-refractivity contribution is 6.30. The van der Waals surface area contributed by atoms with E-state index in [9.17, 15) is 4.79 Å². The number of rotatable bonds is 4. The molecular weight excluding hydrogens is 357 g/mol. The molecule has 1 amide bonds. The fraction of sp³-hybridized carbons (Fsp3) is 0.562. The van der Waals surface area contributed by atoms with Crippen LogP contribution in [0.1, 0.15) is 24.9 Å². The molecule has 1 aliphatic rings. The van der Waals surface area contributed by atoms with E-state index < -0.39 is 0 Å². The van der Waals surface area contributed by atoms with E-state index in [2.05, 4.69) is 6.92 Å². The van der Waals surface area contributed by atoms with Crippen molar-refractivity contribution >= 4 is 42.3 Å². The monoisotopic (exact) mass is 381 g/mol. The summed E-state index contributed by atoms with van der Waals surface area (Å²) < 4.78 is 0. The van der Waals surface area contributed by atoms with Gasteiger partial charge in [0.05, 0.1) is 0 Å². The van der Waals surface area contributed by atoms with Crippen molar-refractivity contribution in [1.29, 1.82) is 0 Å². The summed E-state index contributed by atoms with van der Waals surface area (Å²) in [5.41, 5.74) is 6.69. The molecule has 7 heteroatoms. The first-order chi connectivity index (χ1) is 9.93. The maximum Gasteiger partial charge on any atom is 0.244 e. The summed E-state index contributed by atoms with van der Waals surface area (Å²) in [6, 6.07) is 7.47. The van der Waals surface area contributed by atoms with Gasteiger partial charge in [0.2, 0.25) is 5.91 Å². The molecule has 3 atom stereocenters. The van der Waals surface area contributed by atoms with E-state index in [0.717, 1.165) is 18.5 Å². The molecule has 1 saturated heterocycles. The van der Waals surface area contributed by atoms with Crippen molar-refractivity contribution in [3.8, 4) is 0 Å². The fourth-order valence-corrected chi connectivity index (χ4v) is 3.31. The van der Waals surface area contributed by atoms with E-state index in [0.29, 0.717) is 17.5 Å². The molecule has 0 bridgehead atoms. The highest BCUT2D eigenvalue weighted by Gasteiger charge is 2.36. The zero-order valence-electron chi connectivity index (χ0n) is 13.7. The van der Waals surface area contributed by atoms with Crippen LogP contribution in [0.5, 0.6) is 0 Å². The minimum Gasteiger partial charge on any atom is -0.338 e. The smallest absolute Gasteiger partial charge is 0.244 e. The van der Waals surface area contributed by atoms with Crippen LogP contribution in [0.2, 0.25) is 5.02 Å². The molecule has 3 unspecified atom stereocenters. The summed E-state index contributed by atoms with van der Waals surface area (Å²) in [6.07, 6.45) is 0.984. The first-order valence-corrected chi connectivity index (χ1v) is 7.74. The second kappa shape index (κ2) is 9.70. The third kappa shape index (κ3) is 5.23.